The Morgan fingerprint density at radius 3 is 2.73 bits per heavy atom. The number of hydrogen-bond acceptors (Lipinski definition) is 2. The second kappa shape index (κ2) is 6.28. The van der Waals surface area contributed by atoms with Crippen LogP contribution in [-0.4, -0.2) is 19.1 Å². The summed E-state index contributed by atoms with van der Waals surface area (Å²) < 4.78 is 5.12. The second-order valence-corrected chi connectivity index (χ2v) is 5.72. The predicted octanol–water partition coefficient (Wildman–Crippen LogP) is 3.63. The Morgan fingerprint density at radius 1 is 1.27 bits per heavy atom. The standard InChI is InChI=1S/C17H18ClN3O/c1-22-16-8-7-12(9-14(16)18)20-17(19)21-15-10-13(15)11-5-3-2-4-6-11/h2-9,13,15H,10H2,1H3,(H3,19,20,21). The Kier molecular flexibility index (Phi) is 4.20. The summed E-state index contributed by atoms with van der Waals surface area (Å²) in [7, 11) is 1.58. The fourth-order valence-electron chi connectivity index (χ4n) is 2.49. The highest BCUT2D eigenvalue weighted by molar-refractivity contribution is 6.32. The average Bonchev–Trinajstić information content (AvgIpc) is 3.27. The molecule has 0 saturated heterocycles. The van der Waals surface area contributed by atoms with Crippen molar-refractivity contribution in [2.75, 3.05) is 12.4 Å². The molecule has 0 radical (unpaired) electrons. The minimum Gasteiger partial charge on any atom is -0.495 e. The van der Waals surface area contributed by atoms with Gasteiger partial charge in [-0.1, -0.05) is 41.9 Å². The highest BCUT2D eigenvalue weighted by Gasteiger charge is 2.38. The van der Waals surface area contributed by atoms with Gasteiger partial charge in [0, 0.05) is 11.6 Å². The lowest BCUT2D eigenvalue weighted by molar-refractivity contribution is 0.415. The first kappa shape index (κ1) is 14.7. The second-order valence-electron chi connectivity index (χ2n) is 5.31. The number of benzene rings is 2. The van der Waals surface area contributed by atoms with Gasteiger partial charge in [0.1, 0.15) is 5.75 Å². The number of methoxy groups -OCH3 is 1. The molecule has 0 bridgehead atoms. The van der Waals surface area contributed by atoms with E-state index in [2.05, 4.69) is 34.6 Å². The van der Waals surface area contributed by atoms with Crippen molar-refractivity contribution in [1.29, 1.82) is 0 Å². The van der Waals surface area contributed by atoms with E-state index in [0.717, 1.165) is 12.1 Å². The number of nitrogens with zero attached hydrogens (tertiary/aromatic N) is 1. The molecule has 0 aromatic heterocycles. The Hall–Kier alpha value is -2.20. The van der Waals surface area contributed by atoms with Gasteiger partial charge in [0.2, 0.25) is 0 Å². The zero-order valence-electron chi connectivity index (χ0n) is 12.3. The molecule has 2 aromatic carbocycles. The zero-order chi connectivity index (χ0) is 15.5. The lowest BCUT2D eigenvalue weighted by atomic mass is 10.1. The van der Waals surface area contributed by atoms with Gasteiger partial charge in [-0.25, -0.2) is 4.99 Å². The number of anilines is 1. The average molecular weight is 316 g/mol. The van der Waals surface area contributed by atoms with E-state index in [1.54, 1.807) is 19.2 Å². The number of halogens is 1. The molecule has 0 heterocycles. The number of rotatable bonds is 4. The molecule has 1 fully saturated rings. The van der Waals surface area contributed by atoms with Crippen molar-refractivity contribution < 1.29 is 4.74 Å². The molecule has 5 heteroatoms. The lowest BCUT2D eigenvalue weighted by Gasteiger charge is -2.08. The number of nitrogens with two attached hydrogens (primary N) is 1. The van der Waals surface area contributed by atoms with Gasteiger partial charge in [0.25, 0.3) is 0 Å². The van der Waals surface area contributed by atoms with Crippen LogP contribution < -0.4 is 15.8 Å². The molecule has 1 aliphatic rings. The van der Waals surface area contributed by atoms with Crippen LogP contribution >= 0.6 is 11.6 Å². The maximum Gasteiger partial charge on any atom is 0.193 e. The van der Waals surface area contributed by atoms with Crippen LogP contribution in [0.25, 0.3) is 0 Å². The fraction of sp³-hybridized carbons (Fsp3) is 0.235. The van der Waals surface area contributed by atoms with Crippen molar-refractivity contribution in [2.24, 2.45) is 10.7 Å². The molecule has 1 aliphatic carbocycles. The van der Waals surface area contributed by atoms with E-state index in [-0.39, 0.29) is 6.04 Å². The number of nitrogens with one attached hydrogen (secondary N) is 1. The summed E-state index contributed by atoms with van der Waals surface area (Å²) in [5, 5.41) is 3.60. The van der Waals surface area contributed by atoms with Crippen LogP contribution in [-0.2, 0) is 0 Å². The highest BCUT2D eigenvalue weighted by atomic mass is 35.5. The van der Waals surface area contributed by atoms with Gasteiger partial charge in [-0.3, -0.25) is 0 Å². The summed E-state index contributed by atoms with van der Waals surface area (Å²) in [5.74, 6) is 1.51. The normalized spacial score (nSPS) is 20.5. The van der Waals surface area contributed by atoms with E-state index in [0.29, 0.717) is 22.6 Å². The third kappa shape index (κ3) is 3.34. The van der Waals surface area contributed by atoms with Crippen LogP contribution in [0.15, 0.2) is 53.5 Å². The van der Waals surface area contributed by atoms with Crippen molar-refractivity contribution in [2.45, 2.75) is 18.4 Å². The smallest absolute Gasteiger partial charge is 0.193 e. The Labute approximate surface area is 135 Å². The minimum atomic E-state index is 0.253. The molecule has 2 unspecified atom stereocenters. The van der Waals surface area contributed by atoms with E-state index in [1.807, 2.05) is 12.1 Å². The Balaban J connectivity index is 1.63. The third-order valence-electron chi connectivity index (χ3n) is 3.71. The molecule has 2 atom stereocenters. The number of hydrogen-bond donors (Lipinski definition) is 2. The molecule has 1 saturated carbocycles. The highest BCUT2D eigenvalue weighted by Crippen LogP contribution is 2.43. The number of guanidine groups is 1. The molecule has 0 amide bonds. The first-order valence-electron chi connectivity index (χ1n) is 7.16. The number of aliphatic imine (C=N–C) groups is 1. The van der Waals surface area contributed by atoms with Gasteiger partial charge >= 0.3 is 0 Å². The van der Waals surface area contributed by atoms with Crippen LogP contribution in [0.4, 0.5) is 5.69 Å². The summed E-state index contributed by atoms with van der Waals surface area (Å²) in [6.45, 7) is 0. The van der Waals surface area contributed by atoms with Gasteiger partial charge < -0.3 is 15.8 Å². The zero-order valence-corrected chi connectivity index (χ0v) is 13.0. The summed E-state index contributed by atoms with van der Waals surface area (Å²) in [5.41, 5.74) is 8.08. The van der Waals surface area contributed by atoms with Crippen molar-refractivity contribution in [3.8, 4) is 5.75 Å². The lowest BCUT2D eigenvalue weighted by Crippen LogP contribution is -2.23. The summed E-state index contributed by atoms with van der Waals surface area (Å²) in [6.07, 6.45) is 1.04. The van der Waals surface area contributed by atoms with Crippen LogP contribution in [0.2, 0.25) is 5.02 Å². The molecule has 4 nitrogen and oxygen atoms in total. The van der Waals surface area contributed by atoms with E-state index < -0.39 is 0 Å². The van der Waals surface area contributed by atoms with E-state index in [9.17, 15) is 0 Å². The van der Waals surface area contributed by atoms with Crippen LogP contribution in [0.5, 0.6) is 5.75 Å². The maximum absolute atomic E-state index is 6.09. The molecular weight excluding hydrogens is 298 g/mol. The van der Waals surface area contributed by atoms with Gasteiger partial charge in [-0.2, -0.15) is 0 Å². The van der Waals surface area contributed by atoms with Crippen molar-refractivity contribution in [3.63, 3.8) is 0 Å². The third-order valence-corrected chi connectivity index (χ3v) is 4.01. The quantitative estimate of drug-likeness (QED) is 0.669. The Bertz CT molecular complexity index is 688. The van der Waals surface area contributed by atoms with Crippen LogP contribution in [0, 0.1) is 0 Å². The molecule has 0 spiro atoms. The van der Waals surface area contributed by atoms with Gasteiger partial charge in [0.05, 0.1) is 18.2 Å². The molecule has 3 N–H and O–H groups in total. The van der Waals surface area contributed by atoms with E-state index in [4.69, 9.17) is 22.1 Å². The fourth-order valence-corrected chi connectivity index (χ4v) is 2.74. The van der Waals surface area contributed by atoms with Gasteiger partial charge in [-0.05, 0) is 30.2 Å². The Morgan fingerprint density at radius 2 is 2.05 bits per heavy atom. The molecule has 22 heavy (non-hydrogen) atoms. The van der Waals surface area contributed by atoms with Crippen molar-refractivity contribution in [3.05, 3.63) is 59.1 Å². The summed E-state index contributed by atoms with van der Waals surface area (Å²) in [6, 6.07) is 16.1. The topological polar surface area (TPSA) is 59.6 Å². The molecule has 2 aromatic rings. The van der Waals surface area contributed by atoms with Gasteiger partial charge in [-0.15, -0.1) is 0 Å². The molecule has 3 rings (SSSR count). The number of ether oxygens (including phenoxy) is 1. The van der Waals surface area contributed by atoms with Crippen molar-refractivity contribution in [1.82, 2.24) is 0 Å². The first-order valence-corrected chi connectivity index (χ1v) is 7.54. The monoisotopic (exact) mass is 315 g/mol. The van der Waals surface area contributed by atoms with Crippen molar-refractivity contribution >= 4 is 23.2 Å². The minimum absolute atomic E-state index is 0.253. The predicted molar refractivity (Wildman–Crippen MR) is 90.8 cm³/mol. The summed E-state index contributed by atoms with van der Waals surface area (Å²) in [4.78, 5) is 4.52. The SMILES string of the molecule is COc1ccc(NC(N)=NC2CC2c2ccccc2)cc1Cl. The van der Waals surface area contributed by atoms with Gasteiger partial charge in [0.15, 0.2) is 5.96 Å². The first-order chi connectivity index (χ1) is 10.7. The largest absolute Gasteiger partial charge is 0.495 e. The maximum atomic E-state index is 6.09. The van der Waals surface area contributed by atoms with Crippen LogP contribution in [0.1, 0.15) is 17.9 Å². The molecular formula is C17H18ClN3O. The van der Waals surface area contributed by atoms with Crippen LogP contribution in [0.3, 0.4) is 0 Å². The molecule has 0 aliphatic heterocycles. The van der Waals surface area contributed by atoms with E-state index in [1.165, 1.54) is 5.56 Å². The summed E-state index contributed by atoms with van der Waals surface area (Å²) >= 11 is 6.09. The van der Waals surface area contributed by atoms with E-state index >= 15 is 0 Å². The molecule has 114 valence electrons.